The van der Waals surface area contributed by atoms with Gasteiger partial charge in [0.1, 0.15) is 6.61 Å². The van der Waals surface area contributed by atoms with Gasteiger partial charge in [-0.05, 0) is 32.5 Å². The van der Waals surface area contributed by atoms with E-state index in [0.29, 0.717) is 23.6 Å². The first-order valence-corrected chi connectivity index (χ1v) is 7.02. The molecular formula is C15H24N2O3. The molecule has 1 heterocycles. The Morgan fingerprint density at radius 3 is 2.80 bits per heavy atom. The molecule has 2 N–H and O–H groups in total. The summed E-state index contributed by atoms with van der Waals surface area (Å²) in [6.45, 7) is 3.54. The van der Waals surface area contributed by atoms with Crippen molar-refractivity contribution in [2.45, 2.75) is 25.4 Å². The van der Waals surface area contributed by atoms with Crippen molar-refractivity contribution in [3.8, 4) is 11.5 Å². The van der Waals surface area contributed by atoms with Crippen LogP contribution in [0.2, 0.25) is 0 Å². The van der Waals surface area contributed by atoms with E-state index in [9.17, 15) is 0 Å². The van der Waals surface area contributed by atoms with Crippen LogP contribution in [0.15, 0.2) is 18.2 Å². The summed E-state index contributed by atoms with van der Waals surface area (Å²) in [4.78, 5) is 2.35. The molecule has 2 rings (SSSR count). The maximum Gasteiger partial charge on any atom is 0.163 e. The van der Waals surface area contributed by atoms with E-state index in [4.69, 9.17) is 14.6 Å². The van der Waals surface area contributed by atoms with Crippen LogP contribution in [0.25, 0.3) is 0 Å². The number of aliphatic hydroxyl groups excluding tert-OH is 1. The standard InChI is InChI=1S/C15H24N2O3/c1-11-8-13(10-17(11)2)16-12-4-5-14(19-3)15(9-12)20-7-6-18/h4-5,9,11,13,16,18H,6-8,10H2,1-3H3. The van der Waals surface area contributed by atoms with Gasteiger partial charge in [0, 0.05) is 30.4 Å². The molecule has 2 unspecified atom stereocenters. The Kier molecular flexibility index (Phi) is 5.09. The van der Waals surface area contributed by atoms with Gasteiger partial charge in [-0.25, -0.2) is 0 Å². The summed E-state index contributed by atoms with van der Waals surface area (Å²) in [5.74, 6) is 1.34. The molecule has 112 valence electrons. The van der Waals surface area contributed by atoms with Crippen molar-refractivity contribution in [3.63, 3.8) is 0 Å². The molecule has 1 aromatic rings. The summed E-state index contributed by atoms with van der Waals surface area (Å²) in [5.41, 5.74) is 1.02. The third-order valence-electron chi connectivity index (χ3n) is 3.77. The summed E-state index contributed by atoms with van der Waals surface area (Å²) in [7, 11) is 3.76. The van der Waals surface area contributed by atoms with Crippen LogP contribution in [-0.4, -0.2) is 56.0 Å². The molecule has 1 aliphatic heterocycles. The fraction of sp³-hybridized carbons (Fsp3) is 0.600. The average Bonchev–Trinajstić information content (AvgIpc) is 2.75. The van der Waals surface area contributed by atoms with Crippen LogP contribution < -0.4 is 14.8 Å². The lowest BCUT2D eigenvalue weighted by Crippen LogP contribution is -2.24. The number of ether oxygens (including phenoxy) is 2. The van der Waals surface area contributed by atoms with Crippen molar-refractivity contribution >= 4 is 5.69 Å². The number of hydrogen-bond acceptors (Lipinski definition) is 5. The van der Waals surface area contributed by atoms with Crippen LogP contribution in [0.4, 0.5) is 5.69 Å². The van der Waals surface area contributed by atoms with Crippen molar-refractivity contribution in [2.75, 3.05) is 39.2 Å². The van der Waals surface area contributed by atoms with E-state index >= 15 is 0 Å². The second kappa shape index (κ2) is 6.81. The molecule has 2 atom stereocenters. The number of nitrogens with one attached hydrogen (secondary N) is 1. The molecule has 0 radical (unpaired) electrons. The third kappa shape index (κ3) is 3.55. The zero-order valence-electron chi connectivity index (χ0n) is 12.4. The number of hydrogen-bond donors (Lipinski definition) is 2. The molecule has 5 nitrogen and oxygen atoms in total. The maximum absolute atomic E-state index is 8.86. The Bertz CT molecular complexity index is 429. The van der Waals surface area contributed by atoms with Crippen molar-refractivity contribution in [1.82, 2.24) is 4.90 Å². The molecule has 0 amide bonds. The lowest BCUT2D eigenvalue weighted by atomic mass is 10.2. The SMILES string of the molecule is COc1ccc(NC2CC(C)N(C)C2)cc1OCCO. The molecule has 1 aliphatic rings. The van der Waals surface area contributed by atoms with Crippen LogP contribution in [0.1, 0.15) is 13.3 Å². The van der Waals surface area contributed by atoms with E-state index in [-0.39, 0.29) is 13.2 Å². The smallest absolute Gasteiger partial charge is 0.163 e. The van der Waals surface area contributed by atoms with Crippen molar-refractivity contribution in [2.24, 2.45) is 0 Å². The number of likely N-dealkylation sites (N-methyl/N-ethyl adjacent to an activating group) is 1. The zero-order valence-corrected chi connectivity index (χ0v) is 12.4. The van der Waals surface area contributed by atoms with Crippen molar-refractivity contribution in [1.29, 1.82) is 0 Å². The molecule has 1 aromatic carbocycles. The molecule has 20 heavy (non-hydrogen) atoms. The topological polar surface area (TPSA) is 54.0 Å². The van der Waals surface area contributed by atoms with E-state index in [1.54, 1.807) is 7.11 Å². The predicted octanol–water partition coefficient (Wildman–Crippen LogP) is 1.57. The number of benzene rings is 1. The van der Waals surface area contributed by atoms with Gasteiger partial charge in [-0.2, -0.15) is 0 Å². The number of aliphatic hydroxyl groups is 1. The van der Waals surface area contributed by atoms with Crippen LogP contribution in [0.5, 0.6) is 11.5 Å². The summed E-state index contributed by atoms with van der Waals surface area (Å²) < 4.78 is 10.8. The van der Waals surface area contributed by atoms with E-state index < -0.39 is 0 Å². The fourth-order valence-electron chi connectivity index (χ4n) is 2.57. The highest BCUT2D eigenvalue weighted by Crippen LogP contribution is 2.31. The van der Waals surface area contributed by atoms with E-state index in [1.165, 1.54) is 0 Å². The second-order valence-corrected chi connectivity index (χ2v) is 5.30. The molecule has 0 bridgehead atoms. The number of methoxy groups -OCH3 is 1. The largest absolute Gasteiger partial charge is 0.493 e. The van der Waals surface area contributed by atoms with Crippen LogP contribution in [0.3, 0.4) is 0 Å². The Hall–Kier alpha value is -1.46. The average molecular weight is 280 g/mol. The van der Waals surface area contributed by atoms with Gasteiger partial charge in [-0.15, -0.1) is 0 Å². The maximum atomic E-state index is 8.86. The quantitative estimate of drug-likeness (QED) is 0.828. The second-order valence-electron chi connectivity index (χ2n) is 5.30. The van der Waals surface area contributed by atoms with Gasteiger partial charge in [0.25, 0.3) is 0 Å². The number of likely N-dealkylation sites (tertiary alicyclic amines) is 1. The van der Waals surface area contributed by atoms with Crippen LogP contribution in [-0.2, 0) is 0 Å². The lowest BCUT2D eigenvalue weighted by Gasteiger charge is -2.16. The number of anilines is 1. The highest BCUT2D eigenvalue weighted by Gasteiger charge is 2.25. The molecule has 0 spiro atoms. The summed E-state index contributed by atoms with van der Waals surface area (Å²) in [6.07, 6.45) is 1.13. The van der Waals surface area contributed by atoms with Gasteiger partial charge in [0.05, 0.1) is 13.7 Å². The van der Waals surface area contributed by atoms with Crippen LogP contribution >= 0.6 is 0 Å². The first kappa shape index (κ1) is 14.9. The number of nitrogens with zero attached hydrogens (tertiary/aromatic N) is 1. The molecule has 5 heteroatoms. The van der Waals surface area contributed by atoms with Gasteiger partial charge in [0.15, 0.2) is 11.5 Å². The Morgan fingerprint density at radius 1 is 1.40 bits per heavy atom. The monoisotopic (exact) mass is 280 g/mol. The van der Waals surface area contributed by atoms with Crippen molar-refractivity contribution in [3.05, 3.63) is 18.2 Å². The zero-order chi connectivity index (χ0) is 14.5. The van der Waals surface area contributed by atoms with E-state index in [2.05, 4.69) is 24.2 Å². The summed E-state index contributed by atoms with van der Waals surface area (Å²) in [5, 5.41) is 12.4. The van der Waals surface area contributed by atoms with E-state index in [0.717, 1.165) is 18.7 Å². The summed E-state index contributed by atoms with van der Waals surface area (Å²) >= 11 is 0. The fourth-order valence-corrected chi connectivity index (χ4v) is 2.57. The minimum absolute atomic E-state index is 0.00819. The molecule has 0 saturated carbocycles. The molecule has 1 saturated heterocycles. The van der Waals surface area contributed by atoms with Gasteiger partial charge in [-0.1, -0.05) is 0 Å². The van der Waals surface area contributed by atoms with Gasteiger partial charge >= 0.3 is 0 Å². The third-order valence-corrected chi connectivity index (χ3v) is 3.77. The Morgan fingerprint density at radius 2 is 2.20 bits per heavy atom. The first-order chi connectivity index (χ1) is 9.63. The Balaban J connectivity index is 2.04. The highest BCUT2D eigenvalue weighted by atomic mass is 16.5. The predicted molar refractivity (Wildman–Crippen MR) is 79.7 cm³/mol. The molecule has 0 aliphatic carbocycles. The Labute approximate surface area is 120 Å². The molecule has 0 aromatic heterocycles. The van der Waals surface area contributed by atoms with Gasteiger partial charge in [-0.3, -0.25) is 0 Å². The van der Waals surface area contributed by atoms with Crippen LogP contribution in [0, 0.1) is 0 Å². The minimum Gasteiger partial charge on any atom is -0.493 e. The molecular weight excluding hydrogens is 256 g/mol. The highest BCUT2D eigenvalue weighted by molar-refractivity contribution is 5.55. The first-order valence-electron chi connectivity index (χ1n) is 7.02. The van der Waals surface area contributed by atoms with Gasteiger partial charge in [0.2, 0.25) is 0 Å². The molecule has 1 fully saturated rings. The summed E-state index contributed by atoms with van der Waals surface area (Å²) in [6, 6.07) is 6.87. The lowest BCUT2D eigenvalue weighted by molar-refractivity contribution is 0.196. The van der Waals surface area contributed by atoms with E-state index in [1.807, 2.05) is 18.2 Å². The van der Waals surface area contributed by atoms with Gasteiger partial charge < -0.3 is 24.8 Å². The number of rotatable bonds is 6. The minimum atomic E-state index is -0.00819. The normalized spacial score (nSPS) is 22.8. The van der Waals surface area contributed by atoms with Crippen molar-refractivity contribution < 1.29 is 14.6 Å².